The van der Waals surface area contributed by atoms with Crippen LogP contribution in [0.15, 0.2) is 18.2 Å². The molecule has 2 aliphatic carbocycles. The van der Waals surface area contributed by atoms with Crippen LogP contribution in [0, 0.1) is 23.2 Å². The maximum absolute atomic E-state index is 11.2. The van der Waals surface area contributed by atoms with Crippen molar-refractivity contribution in [1.29, 1.82) is 5.26 Å². The van der Waals surface area contributed by atoms with Crippen molar-refractivity contribution in [3.63, 3.8) is 0 Å². The van der Waals surface area contributed by atoms with Crippen LogP contribution in [0.25, 0.3) is 0 Å². The maximum Gasteiger partial charge on any atom is 0.161 e. The van der Waals surface area contributed by atoms with Gasteiger partial charge in [0.05, 0.1) is 12.2 Å². The second-order valence-corrected chi connectivity index (χ2v) is 8.19. The van der Waals surface area contributed by atoms with Crippen LogP contribution in [0.1, 0.15) is 70.3 Å². The third-order valence-electron chi connectivity index (χ3n) is 6.27. The number of phenols is 1. The highest BCUT2D eigenvalue weighted by Crippen LogP contribution is 2.47. The minimum absolute atomic E-state index is 0.0456. The standard InChI is InChI=1S/C22H29NO3/c1-16(14-23)13-22(10-8-17(15-24)9-11-22)18-6-7-20(25)21(12-18)26-19-4-2-3-5-19/h6-7,12,15-17,19,25H,2-5,8-11,13H2,1H3. The summed E-state index contributed by atoms with van der Waals surface area (Å²) in [5, 5.41) is 19.6. The zero-order chi connectivity index (χ0) is 18.6. The van der Waals surface area contributed by atoms with E-state index >= 15 is 0 Å². The lowest BCUT2D eigenvalue weighted by Gasteiger charge is -2.40. The van der Waals surface area contributed by atoms with E-state index in [2.05, 4.69) is 6.07 Å². The quantitative estimate of drug-likeness (QED) is 0.738. The molecule has 0 spiro atoms. The highest BCUT2D eigenvalue weighted by atomic mass is 16.5. The molecule has 1 aromatic rings. The second-order valence-electron chi connectivity index (χ2n) is 8.19. The van der Waals surface area contributed by atoms with Crippen molar-refractivity contribution in [3.8, 4) is 17.6 Å². The number of aromatic hydroxyl groups is 1. The normalized spacial score (nSPS) is 27.6. The fourth-order valence-corrected chi connectivity index (χ4v) is 4.70. The topological polar surface area (TPSA) is 70.3 Å². The smallest absolute Gasteiger partial charge is 0.161 e. The van der Waals surface area contributed by atoms with Gasteiger partial charge in [-0.3, -0.25) is 0 Å². The zero-order valence-corrected chi connectivity index (χ0v) is 15.6. The highest BCUT2D eigenvalue weighted by Gasteiger charge is 2.38. The number of hydrogen-bond acceptors (Lipinski definition) is 4. The van der Waals surface area contributed by atoms with Crippen molar-refractivity contribution in [2.75, 3.05) is 0 Å². The lowest BCUT2D eigenvalue weighted by molar-refractivity contribution is -0.112. The summed E-state index contributed by atoms with van der Waals surface area (Å²) in [5.74, 6) is 0.837. The molecule has 4 heteroatoms. The first kappa shape index (κ1) is 18.8. The van der Waals surface area contributed by atoms with Crippen molar-refractivity contribution >= 4 is 6.29 Å². The number of nitrogens with zero attached hydrogens (tertiary/aromatic N) is 1. The first-order valence-corrected chi connectivity index (χ1v) is 9.91. The van der Waals surface area contributed by atoms with E-state index in [9.17, 15) is 15.2 Å². The van der Waals surface area contributed by atoms with Gasteiger partial charge in [-0.25, -0.2) is 0 Å². The van der Waals surface area contributed by atoms with Crippen LogP contribution < -0.4 is 4.74 Å². The van der Waals surface area contributed by atoms with Gasteiger partial charge in [0.1, 0.15) is 6.29 Å². The number of benzene rings is 1. The molecule has 26 heavy (non-hydrogen) atoms. The lowest BCUT2D eigenvalue weighted by atomic mass is 9.63. The third-order valence-corrected chi connectivity index (χ3v) is 6.27. The van der Waals surface area contributed by atoms with Gasteiger partial charge in [-0.2, -0.15) is 5.26 Å². The number of rotatable bonds is 6. The Hall–Kier alpha value is -2.02. The first-order chi connectivity index (χ1) is 12.6. The Kier molecular flexibility index (Phi) is 5.86. The monoisotopic (exact) mass is 355 g/mol. The predicted molar refractivity (Wildman–Crippen MR) is 100 cm³/mol. The van der Waals surface area contributed by atoms with Gasteiger partial charge in [0, 0.05) is 11.8 Å². The van der Waals surface area contributed by atoms with Crippen LogP contribution in [-0.4, -0.2) is 17.5 Å². The Morgan fingerprint density at radius 1 is 1.31 bits per heavy atom. The van der Waals surface area contributed by atoms with Crippen molar-refractivity contribution in [3.05, 3.63) is 23.8 Å². The SMILES string of the molecule is CC(C#N)CC1(c2ccc(O)c(OC3CCCC3)c2)CCC(C=O)CC1. The van der Waals surface area contributed by atoms with Crippen LogP contribution in [0.4, 0.5) is 0 Å². The minimum atomic E-state index is -0.115. The molecule has 1 aromatic carbocycles. The van der Waals surface area contributed by atoms with Crippen molar-refractivity contribution in [2.24, 2.45) is 11.8 Å². The molecule has 2 fully saturated rings. The van der Waals surface area contributed by atoms with Crippen molar-refractivity contribution in [2.45, 2.75) is 76.2 Å². The maximum atomic E-state index is 11.2. The zero-order valence-electron chi connectivity index (χ0n) is 15.6. The Bertz CT molecular complexity index is 664. The van der Waals surface area contributed by atoms with E-state index < -0.39 is 0 Å². The van der Waals surface area contributed by atoms with Crippen molar-refractivity contribution in [1.82, 2.24) is 0 Å². The van der Waals surface area contributed by atoms with Crippen LogP contribution in [-0.2, 0) is 10.2 Å². The average Bonchev–Trinajstić information content (AvgIpc) is 3.17. The molecule has 0 heterocycles. The molecule has 0 radical (unpaired) electrons. The van der Waals surface area contributed by atoms with Crippen molar-refractivity contribution < 1.29 is 14.6 Å². The molecule has 140 valence electrons. The highest BCUT2D eigenvalue weighted by molar-refractivity contribution is 5.54. The summed E-state index contributed by atoms with van der Waals surface area (Å²) in [5.41, 5.74) is 1.02. The molecule has 3 rings (SSSR count). The van der Waals surface area contributed by atoms with Gasteiger partial charge in [-0.05, 0) is 87.8 Å². The van der Waals surface area contributed by atoms with Crippen LogP contribution in [0.3, 0.4) is 0 Å². The Balaban J connectivity index is 1.88. The van der Waals surface area contributed by atoms with E-state index in [1.807, 2.05) is 19.1 Å². The summed E-state index contributed by atoms with van der Waals surface area (Å²) >= 11 is 0. The molecule has 0 amide bonds. The summed E-state index contributed by atoms with van der Waals surface area (Å²) < 4.78 is 6.08. The Morgan fingerprint density at radius 3 is 2.62 bits per heavy atom. The fraction of sp³-hybridized carbons (Fsp3) is 0.636. The molecule has 2 saturated carbocycles. The number of hydrogen-bond donors (Lipinski definition) is 1. The molecule has 4 nitrogen and oxygen atoms in total. The van der Waals surface area contributed by atoms with Gasteiger partial charge in [0.25, 0.3) is 0 Å². The molecular formula is C22H29NO3. The van der Waals surface area contributed by atoms with E-state index in [1.54, 1.807) is 6.07 Å². The second kappa shape index (κ2) is 8.12. The number of nitriles is 1. The molecule has 2 aliphatic rings. The van der Waals surface area contributed by atoms with E-state index in [1.165, 1.54) is 12.8 Å². The van der Waals surface area contributed by atoms with Gasteiger partial charge in [0.2, 0.25) is 0 Å². The number of carbonyl (C=O) groups is 1. The van der Waals surface area contributed by atoms with E-state index in [0.29, 0.717) is 5.75 Å². The molecule has 1 unspecified atom stereocenters. The minimum Gasteiger partial charge on any atom is -0.504 e. The van der Waals surface area contributed by atoms with Crippen LogP contribution in [0.2, 0.25) is 0 Å². The Morgan fingerprint density at radius 2 is 2.00 bits per heavy atom. The predicted octanol–water partition coefficient (Wildman–Crippen LogP) is 4.89. The lowest BCUT2D eigenvalue weighted by Crippen LogP contribution is -2.34. The van der Waals surface area contributed by atoms with Gasteiger partial charge < -0.3 is 14.6 Å². The molecular weight excluding hydrogens is 326 g/mol. The summed E-state index contributed by atoms with van der Waals surface area (Å²) in [7, 11) is 0. The van der Waals surface area contributed by atoms with E-state index in [-0.39, 0.29) is 29.1 Å². The van der Waals surface area contributed by atoms with Gasteiger partial charge in [-0.15, -0.1) is 0 Å². The molecule has 0 aromatic heterocycles. The van der Waals surface area contributed by atoms with Crippen LogP contribution in [0.5, 0.6) is 11.5 Å². The van der Waals surface area contributed by atoms with Gasteiger partial charge in [-0.1, -0.05) is 6.07 Å². The molecule has 0 bridgehead atoms. The molecule has 1 atom stereocenters. The number of ether oxygens (including phenoxy) is 1. The van der Waals surface area contributed by atoms with E-state index in [0.717, 1.165) is 56.8 Å². The van der Waals surface area contributed by atoms with Crippen LogP contribution >= 0.6 is 0 Å². The summed E-state index contributed by atoms with van der Waals surface area (Å²) in [4.78, 5) is 11.2. The summed E-state index contributed by atoms with van der Waals surface area (Å²) in [6.45, 7) is 1.96. The third kappa shape index (κ3) is 4.03. The summed E-state index contributed by atoms with van der Waals surface area (Å²) in [6, 6.07) is 8.05. The fourth-order valence-electron chi connectivity index (χ4n) is 4.70. The van der Waals surface area contributed by atoms with E-state index in [4.69, 9.17) is 4.74 Å². The number of carbonyl (C=O) groups excluding carboxylic acids is 1. The largest absolute Gasteiger partial charge is 0.504 e. The number of phenolic OH excluding ortho intramolecular Hbond substituents is 1. The molecule has 0 saturated heterocycles. The number of aldehydes is 1. The summed E-state index contributed by atoms with van der Waals surface area (Å²) in [6.07, 6.45) is 10.0. The Labute approximate surface area is 156 Å². The van der Waals surface area contributed by atoms with Gasteiger partial charge in [0.15, 0.2) is 11.5 Å². The molecule has 1 N–H and O–H groups in total. The molecule has 0 aliphatic heterocycles. The van der Waals surface area contributed by atoms with Gasteiger partial charge >= 0.3 is 0 Å². The first-order valence-electron chi connectivity index (χ1n) is 9.91. The average molecular weight is 355 g/mol.